The van der Waals surface area contributed by atoms with Crippen LogP contribution in [0.5, 0.6) is 5.75 Å². The number of halogens is 1. The first-order valence-electron chi connectivity index (χ1n) is 5.42. The summed E-state index contributed by atoms with van der Waals surface area (Å²) in [5, 5.41) is 9.15. The molecule has 2 N–H and O–H groups in total. The smallest absolute Gasteiger partial charge is 0.259 e. The third kappa shape index (κ3) is 3.79. The Labute approximate surface area is 111 Å². The largest absolute Gasteiger partial charge is 0.492 e. The summed E-state index contributed by atoms with van der Waals surface area (Å²) in [5.41, 5.74) is 5.55. The Morgan fingerprint density at radius 3 is 2.83 bits per heavy atom. The maximum atomic E-state index is 10.9. The van der Waals surface area contributed by atoms with Crippen LogP contribution in [0.1, 0.15) is 18.9 Å². The fourth-order valence-electron chi connectivity index (χ4n) is 1.26. The SMILES string of the molecule is CCCOc1ccc(/C=C(\C#N)C(N)=O)cc1Cl. The lowest BCUT2D eigenvalue weighted by molar-refractivity contribution is -0.114. The van der Waals surface area contributed by atoms with Gasteiger partial charge in [-0.15, -0.1) is 0 Å². The average molecular weight is 265 g/mol. The third-order valence-corrected chi connectivity index (χ3v) is 2.41. The summed E-state index contributed by atoms with van der Waals surface area (Å²) in [6, 6.07) is 6.75. The maximum Gasteiger partial charge on any atom is 0.259 e. The van der Waals surface area contributed by atoms with Crippen molar-refractivity contribution in [2.45, 2.75) is 13.3 Å². The molecule has 0 spiro atoms. The Morgan fingerprint density at radius 2 is 2.33 bits per heavy atom. The van der Waals surface area contributed by atoms with Crippen molar-refractivity contribution in [3.8, 4) is 11.8 Å². The van der Waals surface area contributed by atoms with E-state index in [4.69, 9.17) is 27.3 Å². The van der Waals surface area contributed by atoms with Crippen molar-refractivity contribution in [2.75, 3.05) is 6.61 Å². The molecule has 0 unspecified atom stereocenters. The van der Waals surface area contributed by atoms with Crippen LogP contribution in [-0.4, -0.2) is 12.5 Å². The van der Waals surface area contributed by atoms with E-state index in [9.17, 15) is 4.79 Å². The van der Waals surface area contributed by atoms with Crippen LogP contribution >= 0.6 is 11.6 Å². The highest BCUT2D eigenvalue weighted by Gasteiger charge is 2.06. The molecule has 18 heavy (non-hydrogen) atoms. The molecule has 0 atom stereocenters. The van der Waals surface area contributed by atoms with Crippen molar-refractivity contribution in [1.82, 2.24) is 0 Å². The van der Waals surface area contributed by atoms with Gasteiger partial charge in [0.1, 0.15) is 17.4 Å². The fourth-order valence-corrected chi connectivity index (χ4v) is 1.50. The Hall–Kier alpha value is -1.99. The van der Waals surface area contributed by atoms with Gasteiger partial charge in [0.05, 0.1) is 11.6 Å². The van der Waals surface area contributed by atoms with Crippen molar-refractivity contribution in [1.29, 1.82) is 5.26 Å². The molecule has 1 aromatic rings. The summed E-state index contributed by atoms with van der Waals surface area (Å²) in [6.45, 7) is 2.58. The number of nitrogens with zero attached hydrogens (tertiary/aromatic N) is 1. The molecule has 0 saturated heterocycles. The van der Waals surface area contributed by atoms with Gasteiger partial charge in [-0.1, -0.05) is 24.6 Å². The van der Waals surface area contributed by atoms with E-state index >= 15 is 0 Å². The number of primary amides is 1. The Kier molecular flexibility index (Phi) is 5.22. The van der Waals surface area contributed by atoms with Gasteiger partial charge >= 0.3 is 0 Å². The van der Waals surface area contributed by atoms with Crippen LogP contribution in [-0.2, 0) is 4.79 Å². The Bertz CT molecular complexity index is 518. The molecule has 0 aromatic heterocycles. The van der Waals surface area contributed by atoms with Gasteiger partial charge in [0.25, 0.3) is 5.91 Å². The van der Waals surface area contributed by atoms with Crippen LogP contribution in [0.15, 0.2) is 23.8 Å². The van der Waals surface area contributed by atoms with E-state index in [1.165, 1.54) is 6.08 Å². The molecule has 0 fully saturated rings. The molecule has 0 bridgehead atoms. The Morgan fingerprint density at radius 1 is 1.61 bits per heavy atom. The minimum atomic E-state index is -0.764. The predicted octanol–water partition coefficient (Wildman–Crippen LogP) is 2.52. The zero-order chi connectivity index (χ0) is 13.5. The van der Waals surface area contributed by atoms with Crippen molar-refractivity contribution in [2.24, 2.45) is 5.73 Å². The predicted molar refractivity (Wildman–Crippen MR) is 70.0 cm³/mol. The zero-order valence-corrected chi connectivity index (χ0v) is 10.7. The summed E-state index contributed by atoms with van der Waals surface area (Å²) < 4.78 is 5.41. The second kappa shape index (κ2) is 6.67. The van der Waals surface area contributed by atoms with E-state index in [-0.39, 0.29) is 5.57 Å². The van der Waals surface area contributed by atoms with Gasteiger partial charge in [-0.3, -0.25) is 4.79 Å². The van der Waals surface area contributed by atoms with Crippen LogP contribution in [0.25, 0.3) is 6.08 Å². The molecule has 5 heteroatoms. The molecule has 1 rings (SSSR count). The number of carbonyl (C=O) groups excluding carboxylic acids is 1. The molecule has 0 heterocycles. The maximum absolute atomic E-state index is 10.9. The lowest BCUT2D eigenvalue weighted by Gasteiger charge is -2.07. The summed E-state index contributed by atoms with van der Waals surface area (Å²) in [6.07, 6.45) is 2.27. The number of rotatable bonds is 5. The summed E-state index contributed by atoms with van der Waals surface area (Å²) >= 11 is 6.02. The molecule has 0 aliphatic carbocycles. The van der Waals surface area contributed by atoms with Crippen molar-refractivity contribution in [3.63, 3.8) is 0 Å². The van der Waals surface area contributed by atoms with Crippen LogP contribution < -0.4 is 10.5 Å². The van der Waals surface area contributed by atoms with Gasteiger partial charge in [-0.05, 0) is 30.2 Å². The normalized spacial score (nSPS) is 10.8. The van der Waals surface area contributed by atoms with E-state index in [0.29, 0.717) is 22.9 Å². The minimum absolute atomic E-state index is 0.117. The number of nitrogens with two attached hydrogens (primary N) is 1. The van der Waals surface area contributed by atoms with Gasteiger partial charge in [0.2, 0.25) is 0 Å². The Balaban J connectivity index is 2.98. The third-order valence-electron chi connectivity index (χ3n) is 2.11. The van der Waals surface area contributed by atoms with Gasteiger partial charge in [0.15, 0.2) is 0 Å². The zero-order valence-electron chi connectivity index (χ0n) is 9.94. The second-order valence-corrected chi connectivity index (χ2v) is 3.98. The second-order valence-electron chi connectivity index (χ2n) is 3.57. The monoisotopic (exact) mass is 264 g/mol. The van der Waals surface area contributed by atoms with Gasteiger partial charge in [-0.2, -0.15) is 5.26 Å². The topological polar surface area (TPSA) is 76.1 Å². The number of ether oxygens (including phenoxy) is 1. The average Bonchev–Trinajstić information content (AvgIpc) is 2.34. The fraction of sp³-hybridized carbons (Fsp3) is 0.231. The highest BCUT2D eigenvalue weighted by atomic mass is 35.5. The molecule has 1 amide bonds. The van der Waals surface area contributed by atoms with Crippen molar-refractivity contribution < 1.29 is 9.53 Å². The summed E-state index contributed by atoms with van der Waals surface area (Å²) in [5.74, 6) is -0.187. The number of benzene rings is 1. The number of nitriles is 1. The molecule has 94 valence electrons. The van der Waals surface area contributed by atoms with Gasteiger partial charge < -0.3 is 10.5 Å². The quantitative estimate of drug-likeness (QED) is 0.656. The summed E-state index contributed by atoms with van der Waals surface area (Å²) in [4.78, 5) is 10.9. The first-order chi connectivity index (χ1) is 8.58. The van der Waals surface area contributed by atoms with Crippen LogP contribution in [0.2, 0.25) is 5.02 Å². The molecule has 0 aliphatic heterocycles. The van der Waals surface area contributed by atoms with Crippen LogP contribution in [0.4, 0.5) is 0 Å². The van der Waals surface area contributed by atoms with Crippen molar-refractivity contribution >= 4 is 23.6 Å². The standard InChI is InChI=1S/C13H13ClN2O2/c1-2-5-18-12-4-3-9(7-11(12)14)6-10(8-15)13(16)17/h3-4,6-7H,2,5H2,1H3,(H2,16,17)/b10-6+. The highest BCUT2D eigenvalue weighted by molar-refractivity contribution is 6.32. The lowest BCUT2D eigenvalue weighted by Crippen LogP contribution is -2.12. The first-order valence-corrected chi connectivity index (χ1v) is 5.80. The minimum Gasteiger partial charge on any atom is -0.492 e. The number of carbonyl (C=O) groups is 1. The van der Waals surface area contributed by atoms with E-state index < -0.39 is 5.91 Å². The molecule has 1 aromatic carbocycles. The molecule has 0 aliphatic rings. The number of hydrogen-bond acceptors (Lipinski definition) is 3. The molecule has 0 saturated carbocycles. The molecule has 4 nitrogen and oxygen atoms in total. The van der Waals surface area contributed by atoms with E-state index in [1.807, 2.05) is 6.92 Å². The molecule has 0 radical (unpaired) electrons. The number of amides is 1. The molecular weight excluding hydrogens is 252 g/mol. The first kappa shape index (κ1) is 14.1. The number of hydrogen-bond donors (Lipinski definition) is 1. The highest BCUT2D eigenvalue weighted by Crippen LogP contribution is 2.26. The molecular formula is C13H13ClN2O2. The van der Waals surface area contributed by atoms with Crippen LogP contribution in [0.3, 0.4) is 0 Å². The van der Waals surface area contributed by atoms with Gasteiger partial charge in [0, 0.05) is 0 Å². The van der Waals surface area contributed by atoms with Crippen LogP contribution in [0, 0.1) is 11.3 Å². The van der Waals surface area contributed by atoms with Gasteiger partial charge in [-0.25, -0.2) is 0 Å². The van der Waals surface area contributed by atoms with Crippen molar-refractivity contribution in [3.05, 3.63) is 34.4 Å². The van der Waals surface area contributed by atoms with E-state index in [0.717, 1.165) is 6.42 Å². The van der Waals surface area contributed by atoms with E-state index in [1.54, 1.807) is 24.3 Å². The lowest BCUT2D eigenvalue weighted by atomic mass is 10.1. The van der Waals surface area contributed by atoms with E-state index in [2.05, 4.69) is 0 Å². The summed E-state index contributed by atoms with van der Waals surface area (Å²) in [7, 11) is 0.